The van der Waals surface area contributed by atoms with Crippen LogP contribution >= 0.6 is 0 Å². The summed E-state index contributed by atoms with van der Waals surface area (Å²) in [5.74, 6) is -0.599. The molecule has 0 saturated carbocycles. The van der Waals surface area contributed by atoms with Gasteiger partial charge in [-0.3, -0.25) is 4.79 Å². The second-order valence-corrected chi connectivity index (χ2v) is 7.82. The summed E-state index contributed by atoms with van der Waals surface area (Å²) >= 11 is 0. The molecule has 0 aliphatic carbocycles. The van der Waals surface area contributed by atoms with E-state index in [1.54, 1.807) is 30.3 Å². The van der Waals surface area contributed by atoms with Crippen LogP contribution in [0.3, 0.4) is 0 Å². The number of benzene rings is 1. The van der Waals surface area contributed by atoms with Gasteiger partial charge in [-0.25, -0.2) is 8.42 Å². The molecule has 0 spiro atoms. The fourth-order valence-electron chi connectivity index (χ4n) is 2.27. The molecule has 1 aromatic carbocycles. The molecule has 2 rings (SSSR count). The van der Waals surface area contributed by atoms with Crippen molar-refractivity contribution in [2.75, 3.05) is 19.7 Å². The van der Waals surface area contributed by atoms with Gasteiger partial charge in [-0.05, 0) is 37.5 Å². The van der Waals surface area contributed by atoms with Crippen LogP contribution < -0.4 is 0 Å². The fourth-order valence-corrected chi connectivity index (χ4v) is 3.61. The van der Waals surface area contributed by atoms with Gasteiger partial charge in [0.1, 0.15) is 13.2 Å². The highest BCUT2D eigenvalue weighted by Crippen LogP contribution is 2.17. The highest BCUT2D eigenvalue weighted by molar-refractivity contribution is 7.89. The Balaban J connectivity index is 2.24. The van der Waals surface area contributed by atoms with Crippen LogP contribution in [-0.2, 0) is 19.6 Å². The molecule has 1 heterocycles. The van der Waals surface area contributed by atoms with E-state index in [-0.39, 0.29) is 24.6 Å². The molecule has 0 N–H and O–H groups in total. The zero-order valence-corrected chi connectivity index (χ0v) is 15.2. The number of esters is 1. The van der Waals surface area contributed by atoms with Crippen molar-refractivity contribution in [3.05, 3.63) is 66.3 Å². The number of rotatable bonds is 2. The Hall–Kier alpha value is -2.18. The van der Waals surface area contributed by atoms with E-state index < -0.39 is 16.0 Å². The summed E-state index contributed by atoms with van der Waals surface area (Å²) in [4.78, 5) is 12.2. The number of sulfonamides is 1. The molecule has 6 heteroatoms. The van der Waals surface area contributed by atoms with E-state index in [4.69, 9.17) is 4.74 Å². The molecule has 25 heavy (non-hydrogen) atoms. The fraction of sp³-hybridized carbons (Fsp3) is 0.316. The SMILES string of the molecule is C=C1/C=C\CC/C=C/CN(S(=O)(=O)c2ccc(C)cc2)CC(=O)OC1. The van der Waals surface area contributed by atoms with Gasteiger partial charge < -0.3 is 4.74 Å². The van der Waals surface area contributed by atoms with E-state index in [0.29, 0.717) is 5.57 Å². The molecule has 0 amide bonds. The van der Waals surface area contributed by atoms with Gasteiger partial charge in [0.05, 0.1) is 4.90 Å². The minimum absolute atomic E-state index is 0.0567. The second-order valence-electron chi connectivity index (χ2n) is 5.88. The lowest BCUT2D eigenvalue weighted by molar-refractivity contribution is -0.142. The molecular weight excluding hydrogens is 338 g/mol. The molecule has 0 saturated heterocycles. The van der Waals surface area contributed by atoms with Crippen LogP contribution in [0.4, 0.5) is 0 Å². The number of carbonyl (C=O) groups excluding carboxylic acids is 1. The third-order valence-corrected chi connectivity index (χ3v) is 5.54. The predicted molar refractivity (Wildman–Crippen MR) is 97.6 cm³/mol. The first-order valence-corrected chi connectivity index (χ1v) is 9.55. The molecular formula is C19H23NO4S. The van der Waals surface area contributed by atoms with Crippen LogP contribution in [0.1, 0.15) is 18.4 Å². The van der Waals surface area contributed by atoms with E-state index in [0.717, 1.165) is 22.7 Å². The molecule has 1 aromatic rings. The summed E-state index contributed by atoms with van der Waals surface area (Å²) in [7, 11) is -3.78. The zero-order valence-electron chi connectivity index (χ0n) is 14.3. The highest BCUT2D eigenvalue weighted by atomic mass is 32.2. The Morgan fingerprint density at radius 2 is 1.76 bits per heavy atom. The average Bonchev–Trinajstić information content (AvgIpc) is 2.59. The number of carbonyl (C=O) groups is 1. The summed E-state index contributed by atoms with van der Waals surface area (Å²) in [6.45, 7) is 5.54. The lowest BCUT2D eigenvalue weighted by Gasteiger charge is -2.20. The van der Waals surface area contributed by atoms with Gasteiger partial charge in [0.15, 0.2) is 0 Å². The van der Waals surface area contributed by atoms with E-state index in [1.807, 2.05) is 25.2 Å². The Morgan fingerprint density at radius 1 is 1.08 bits per heavy atom. The maximum Gasteiger partial charge on any atom is 0.321 e. The molecule has 0 aromatic heterocycles. The van der Waals surface area contributed by atoms with E-state index >= 15 is 0 Å². The standard InChI is InChI=1S/C19H23NO4S/c1-16-9-11-18(12-10-16)25(22,23)20-13-7-5-3-4-6-8-17(2)15-24-19(21)14-20/h5-12H,2-4,13-15H2,1H3/b7-5+,8-6-. The quantitative estimate of drug-likeness (QED) is 0.600. The molecule has 0 radical (unpaired) electrons. The largest absolute Gasteiger partial charge is 0.460 e. The van der Waals surface area contributed by atoms with Crippen molar-refractivity contribution < 1.29 is 17.9 Å². The van der Waals surface area contributed by atoms with E-state index in [1.165, 1.54) is 0 Å². The van der Waals surface area contributed by atoms with Crippen molar-refractivity contribution >= 4 is 16.0 Å². The molecule has 0 bridgehead atoms. The van der Waals surface area contributed by atoms with Crippen molar-refractivity contribution in [1.82, 2.24) is 4.31 Å². The predicted octanol–water partition coefficient (Wildman–Crippen LogP) is 2.99. The van der Waals surface area contributed by atoms with Gasteiger partial charge in [0.25, 0.3) is 0 Å². The number of nitrogens with zero attached hydrogens (tertiary/aromatic N) is 1. The maximum absolute atomic E-state index is 12.8. The minimum atomic E-state index is -3.78. The second kappa shape index (κ2) is 8.78. The summed E-state index contributed by atoms with van der Waals surface area (Å²) in [6.07, 6.45) is 9.05. The van der Waals surface area contributed by atoms with E-state index in [2.05, 4.69) is 6.58 Å². The van der Waals surface area contributed by atoms with Crippen LogP contribution in [0.5, 0.6) is 0 Å². The lowest BCUT2D eigenvalue weighted by atomic mass is 10.2. The summed E-state index contributed by atoms with van der Waals surface area (Å²) < 4.78 is 32.0. The Morgan fingerprint density at radius 3 is 2.48 bits per heavy atom. The zero-order chi connectivity index (χ0) is 18.3. The first kappa shape index (κ1) is 19.1. The van der Waals surface area contributed by atoms with Gasteiger partial charge in [0.2, 0.25) is 10.0 Å². The maximum atomic E-state index is 12.8. The number of aryl methyl sites for hydroxylation is 1. The van der Waals surface area contributed by atoms with Crippen LogP contribution in [0.15, 0.2) is 65.6 Å². The van der Waals surface area contributed by atoms with Crippen LogP contribution in [0, 0.1) is 6.92 Å². The van der Waals surface area contributed by atoms with Crippen LogP contribution in [0.25, 0.3) is 0 Å². The number of hydrogen-bond acceptors (Lipinski definition) is 4. The van der Waals surface area contributed by atoms with Gasteiger partial charge in [-0.1, -0.05) is 48.6 Å². The first-order chi connectivity index (χ1) is 11.9. The Kier molecular flexibility index (Phi) is 6.73. The van der Waals surface area contributed by atoms with Crippen LogP contribution in [0.2, 0.25) is 0 Å². The van der Waals surface area contributed by atoms with Crippen molar-refractivity contribution in [3.63, 3.8) is 0 Å². The van der Waals surface area contributed by atoms with E-state index in [9.17, 15) is 13.2 Å². The van der Waals surface area contributed by atoms with Crippen molar-refractivity contribution in [1.29, 1.82) is 0 Å². The minimum Gasteiger partial charge on any atom is -0.460 e. The van der Waals surface area contributed by atoms with Crippen molar-refractivity contribution in [3.8, 4) is 0 Å². The molecule has 0 fully saturated rings. The highest BCUT2D eigenvalue weighted by Gasteiger charge is 2.26. The van der Waals surface area contributed by atoms with Crippen molar-refractivity contribution in [2.24, 2.45) is 0 Å². The summed E-state index contributed by atoms with van der Waals surface area (Å²) in [5, 5.41) is 0. The lowest BCUT2D eigenvalue weighted by Crippen LogP contribution is -2.36. The molecule has 0 atom stereocenters. The van der Waals surface area contributed by atoms with Gasteiger partial charge in [-0.2, -0.15) is 4.31 Å². The number of ether oxygens (including phenoxy) is 1. The number of allylic oxidation sites excluding steroid dienone is 2. The van der Waals surface area contributed by atoms with Gasteiger partial charge in [-0.15, -0.1) is 0 Å². The first-order valence-electron chi connectivity index (χ1n) is 8.11. The van der Waals surface area contributed by atoms with Gasteiger partial charge >= 0.3 is 5.97 Å². The summed E-state index contributed by atoms with van der Waals surface area (Å²) in [5.41, 5.74) is 1.64. The number of hydrogen-bond donors (Lipinski definition) is 0. The smallest absolute Gasteiger partial charge is 0.321 e. The monoisotopic (exact) mass is 361 g/mol. The Bertz CT molecular complexity index is 776. The summed E-state index contributed by atoms with van der Waals surface area (Å²) in [6, 6.07) is 6.56. The Labute approximate surface area is 149 Å². The third kappa shape index (κ3) is 5.69. The molecule has 1 aliphatic heterocycles. The van der Waals surface area contributed by atoms with Gasteiger partial charge in [0, 0.05) is 6.54 Å². The molecule has 1 aliphatic rings. The van der Waals surface area contributed by atoms with Crippen molar-refractivity contribution in [2.45, 2.75) is 24.7 Å². The number of cyclic esters (lactones) is 1. The normalized spacial score (nSPS) is 20.7. The molecule has 5 nitrogen and oxygen atoms in total. The molecule has 0 unspecified atom stereocenters. The average molecular weight is 361 g/mol. The topological polar surface area (TPSA) is 63.7 Å². The third-order valence-electron chi connectivity index (χ3n) is 3.71. The molecule has 134 valence electrons. The van der Waals surface area contributed by atoms with Crippen LogP contribution in [-0.4, -0.2) is 38.4 Å².